The predicted molar refractivity (Wildman–Crippen MR) is 54.9 cm³/mol. The monoisotopic (exact) mass is 228 g/mol. The zero-order chi connectivity index (χ0) is 12.5. The molecule has 1 aromatic rings. The van der Waals surface area contributed by atoms with Crippen molar-refractivity contribution in [1.29, 1.82) is 0 Å². The molecule has 0 spiro atoms. The van der Waals surface area contributed by atoms with Crippen molar-refractivity contribution in [2.45, 2.75) is 20.3 Å². The fourth-order valence-corrected chi connectivity index (χ4v) is 1.29. The highest BCUT2D eigenvalue weighted by Gasteiger charge is 2.28. The summed E-state index contributed by atoms with van der Waals surface area (Å²) in [5.74, 6) is -2.93. The average Bonchev–Trinajstić information content (AvgIpc) is 2.13. The Morgan fingerprint density at radius 1 is 1.31 bits per heavy atom. The molecule has 0 bridgehead atoms. The normalized spacial score (nSPS) is 11.4. The Hall–Kier alpha value is -1.78. The van der Waals surface area contributed by atoms with Crippen molar-refractivity contribution >= 4 is 5.97 Å². The van der Waals surface area contributed by atoms with Crippen LogP contribution in [0.25, 0.3) is 0 Å². The average molecular weight is 228 g/mol. The van der Waals surface area contributed by atoms with Gasteiger partial charge in [-0.1, -0.05) is 0 Å². The first-order chi connectivity index (χ1) is 7.24. The second-order valence-electron chi connectivity index (χ2n) is 4.30. The van der Waals surface area contributed by atoms with Gasteiger partial charge in [0.15, 0.2) is 11.6 Å². The minimum Gasteiger partial charge on any atom is -0.508 e. The molecule has 0 heterocycles. The molecule has 1 rings (SSSR count). The fraction of sp³-hybridized carbons (Fsp3) is 0.364. The van der Waals surface area contributed by atoms with Crippen LogP contribution in [0.5, 0.6) is 11.5 Å². The maximum atomic E-state index is 12.8. The zero-order valence-electron chi connectivity index (χ0n) is 8.99. The standard InChI is InChI=1S/C11H13FO4/c1-11(2,10(15)16)5-6-3-9(14)7(12)4-8(6)13/h3-4,13-14H,5H2,1-2H3,(H,15,16). The molecule has 0 aliphatic carbocycles. The first-order valence-corrected chi connectivity index (χ1v) is 4.68. The van der Waals surface area contributed by atoms with E-state index in [2.05, 4.69) is 0 Å². The lowest BCUT2D eigenvalue weighted by Gasteiger charge is -2.19. The van der Waals surface area contributed by atoms with E-state index in [1.807, 2.05) is 0 Å². The van der Waals surface area contributed by atoms with Crippen LogP contribution in [0.1, 0.15) is 19.4 Å². The summed E-state index contributed by atoms with van der Waals surface area (Å²) in [6.45, 7) is 2.96. The van der Waals surface area contributed by atoms with Gasteiger partial charge in [0.25, 0.3) is 0 Å². The Kier molecular flexibility index (Phi) is 3.07. The van der Waals surface area contributed by atoms with Crippen molar-refractivity contribution < 1.29 is 24.5 Å². The number of hydrogen-bond acceptors (Lipinski definition) is 3. The van der Waals surface area contributed by atoms with Crippen molar-refractivity contribution in [2.24, 2.45) is 5.41 Å². The summed E-state index contributed by atoms with van der Waals surface area (Å²) in [4.78, 5) is 10.9. The lowest BCUT2D eigenvalue weighted by molar-refractivity contribution is -0.146. The Labute approximate surface area is 92.0 Å². The lowest BCUT2D eigenvalue weighted by atomic mass is 9.85. The van der Waals surface area contributed by atoms with E-state index in [9.17, 15) is 14.3 Å². The van der Waals surface area contributed by atoms with Crippen LogP contribution in [0, 0.1) is 11.2 Å². The number of carboxylic acids is 1. The molecule has 0 aromatic heterocycles. The Bertz CT molecular complexity index is 426. The Morgan fingerprint density at radius 3 is 2.38 bits per heavy atom. The van der Waals surface area contributed by atoms with Crippen LogP contribution in [0.3, 0.4) is 0 Å². The summed E-state index contributed by atoms with van der Waals surface area (Å²) < 4.78 is 12.8. The number of phenols is 2. The van der Waals surface area contributed by atoms with Crippen LogP contribution in [0.4, 0.5) is 4.39 Å². The Balaban J connectivity index is 3.07. The van der Waals surface area contributed by atoms with Gasteiger partial charge in [0.2, 0.25) is 0 Å². The fourth-order valence-electron chi connectivity index (χ4n) is 1.29. The second-order valence-corrected chi connectivity index (χ2v) is 4.30. The van der Waals surface area contributed by atoms with E-state index in [1.165, 1.54) is 13.8 Å². The molecule has 0 saturated carbocycles. The number of carboxylic acid groups (broad SMARTS) is 1. The molecule has 0 radical (unpaired) electrons. The Morgan fingerprint density at radius 2 is 1.88 bits per heavy atom. The highest BCUT2D eigenvalue weighted by Crippen LogP contribution is 2.31. The quantitative estimate of drug-likeness (QED) is 0.690. The molecular weight excluding hydrogens is 215 g/mol. The van der Waals surface area contributed by atoms with Gasteiger partial charge in [-0.05, 0) is 31.9 Å². The summed E-state index contributed by atoms with van der Waals surface area (Å²) in [6, 6.07) is 1.80. The van der Waals surface area contributed by atoms with Crippen LogP contribution in [-0.2, 0) is 11.2 Å². The third-order valence-corrected chi connectivity index (χ3v) is 2.36. The maximum absolute atomic E-state index is 12.8. The van der Waals surface area contributed by atoms with Gasteiger partial charge in [0, 0.05) is 6.07 Å². The molecular formula is C11H13FO4. The van der Waals surface area contributed by atoms with E-state index >= 15 is 0 Å². The van der Waals surface area contributed by atoms with E-state index in [4.69, 9.17) is 10.2 Å². The van der Waals surface area contributed by atoms with Gasteiger partial charge in [-0.3, -0.25) is 4.79 Å². The molecule has 3 N–H and O–H groups in total. The summed E-state index contributed by atoms with van der Waals surface area (Å²) in [6.07, 6.45) is 0.00199. The number of aromatic hydroxyl groups is 2. The molecule has 0 amide bonds. The van der Waals surface area contributed by atoms with E-state index in [0.717, 1.165) is 12.1 Å². The SMILES string of the molecule is CC(C)(Cc1cc(O)c(F)cc1O)C(=O)O. The molecule has 16 heavy (non-hydrogen) atoms. The van der Waals surface area contributed by atoms with Crippen molar-refractivity contribution in [3.8, 4) is 11.5 Å². The highest BCUT2D eigenvalue weighted by molar-refractivity contribution is 5.74. The van der Waals surface area contributed by atoms with E-state index in [0.29, 0.717) is 0 Å². The molecule has 0 aliphatic rings. The maximum Gasteiger partial charge on any atom is 0.309 e. The summed E-state index contributed by atoms with van der Waals surface area (Å²) >= 11 is 0. The van der Waals surface area contributed by atoms with Crippen LogP contribution in [0.2, 0.25) is 0 Å². The summed E-state index contributed by atoms with van der Waals surface area (Å²) in [5, 5.41) is 27.4. The topological polar surface area (TPSA) is 77.8 Å². The van der Waals surface area contributed by atoms with Gasteiger partial charge in [-0.25, -0.2) is 4.39 Å². The number of aliphatic carboxylic acids is 1. The second kappa shape index (κ2) is 4.00. The largest absolute Gasteiger partial charge is 0.508 e. The van der Waals surface area contributed by atoms with E-state index < -0.39 is 23.0 Å². The predicted octanol–water partition coefficient (Wildman–Crippen LogP) is 1.89. The van der Waals surface area contributed by atoms with Crippen molar-refractivity contribution in [2.75, 3.05) is 0 Å². The first-order valence-electron chi connectivity index (χ1n) is 4.68. The molecule has 0 saturated heterocycles. The molecule has 0 atom stereocenters. The van der Waals surface area contributed by atoms with Gasteiger partial charge < -0.3 is 15.3 Å². The van der Waals surface area contributed by atoms with E-state index in [-0.39, 0.29) is 17.7 Å². The lowest BCUT2D eigenvalue weighted by Crippen LogP contribution is -2.26. The minimum absolute atomic E-state index is 0.00199. The number of halogens is 1. The molecule has 0 fully saturated rings. The van der Waals surface area contributed by atoms with Crippen LogP contribution in [0.15, 0.2) is 12.1 Å². The summed E-state index contributed by atoms with van der Waals surface area (Å²) in [7, 11) is 0. The minimum atomic E-state index is -1.10. The van der Waals surface area contributed by atoms with Crippen molar-refractivity contribution in [3.63, 3.8) is 0 Å². The van der Waals surface area contributed by atoms with Crippen LogP contribution >= 0.6 is 0 Å². The number of carbonyl (C=O) groups is 1. The zero-order valence-corrected chi connectivity index (χ0v) is 8.99. The molecule has 0 aliphatic heterocycles. The molecule has 1 aromatic carbocycles. The van der Waals surface area contributed by atoms with Crippen LogP contribution < -0.4 is 0 Å². The number of phenolic OH excluding ortho intramolecular Hbond substituents is 2. The third kappa shape index (κ3) is 2.42. The van der Waals surface area contributed by atoms with Crippen molar-refractivity contribution in [3.05, 3.63) is 23.5 Å². The number of benzene rings is 1. The first kappa shape index (κ1) is 12.3. The van der Waals surface area contributed by atoms with Crippen molar-refractivity contribution in [1.82, 2.24) is 0 Å². The number of hydrogen-bond donors (Lipinski definition) is 3. The smallest absolute Gasteiger partial charge is 0.309 e. The van der Waals surface area contributed by atoms with Gasteiger partial charge in [-0.15, -0.1) is 0 Å². The van der Waals surface area contributed by atoms with Gasteiger partial charge in [0.05, 0.1) is 5.41 Å². The third-order valence-electron chi connectivity index (χ3n) is 2.36. The molecule has 5 heteroatoms. The number of rotatable bonds is 3. The highest BCUT2D eigenvalue weighted by atomic mass is 19.1. The van der Waals surface area contributed by atoms with E-state index in [1.54, 1.807) is 0 Å². The molecule has 0 unspecified atom stereocenters. The summed E-state index contributed by atoms with van der Waals surface area (Å²) in [5.41, 5.74) is -0.895. The van der Waals surface area contributed by atoms with Gasteiger partial charge in [0.1, 0.15) is 5.75 Å². The van der Waals surface area contributed by atoms with Gasteiger partial charge >= 0.3 is 5.97 Å². The molecule has 4 nitrogen and oxygen atoms in total. The van der Waals surface area contributed by atoms with Gasteiger partial charge in [-0.2, -0.15) is 0 Å². The van der Waals surface area contributed by atoms with Crippen LogP contribution in [-0.4, -0.2) is 21.3 Å². The molecule has 88 valence electrons.